The topological polar surface area (TPSA) is 86.2 Å². The van der Waals surface area contributed by atoms with E-state index in [1.165, 1.54) is 0 Å². The normalized spacial score (nSPS) is 8.43. The Balaban J connectivity index is -0.0000000800. The summed E-state index contributed by atoms with van der Waals surface area (Å²) in [5, 5.41) is 0. The predicted molar refractivity (Wildman–Crippen MR) is 13.4 cm³/mol. The average Bonchev–Trinajstić information content (AvgIpc) is 0.722. The molecule has 0 aromatic heterocycles. The van der Waals surface area contributed by atoms with Gasteiger partial charge in [-0.05, 0) is 0 Å². The molecule has 0 saturated carbocycles. The average molecular weight is 338 g/mol. The molecule has 0 bridgehead atoms. The van der Waals surface area contributed by atoms with Crippen LogP contribution in [0.4, 0.5) is 0 Å². The van der Waals surface area contributed by atoms with Crippen molar-refractivity contribution in [1.82, 2.24) is 0 Å². The van der Waals surface area contributed by atoms with Crippen LogP contribution < -0.4 is 27.1 Å². The SMILES string of the molecule is O=P([O-])([O-])[O-].[Cl-].[Pb]. The number of hydrogen-bond donors (Lipinski definition) is 0. The van der Waals surface area contributed by atoms with Crippen LogP contribution in [0.3, 0.4) is 0 Å². The zero-order valence-corrected chi connectivity index (χ0v) is 8.50. The van der Waals surface area contributed by atoms with Crippen molar-refractivity contribution in [3.63, 3.8) is 0 Å². The molecule has 0 N–H and O–H groups in total. The Morgan fingerprint density at radius 1 is 1.14 bits per heavy atom. The molecule has 4 radical (unpaired) electrons. The largest absolute Gasteiger partial charge is 1.00 e. The van der Waals surface area contributed by atoms with Crippen LogP contribution in [0.1, 0.15) is 0 Å². The molecule has 0 aromatic carbocycles. The smallest absolute Gasteiger partial charge is 0 e. The third kappa shape index (κ3) is 119. The summed E-state index contributed by atoms with van der Waals surface area (Å²) < 4.78 is 8.55. The van der Waals surface area contributed by atoms with Crippen LogP contribution in [0.2, 0.25) is 0 Å². The Kier molecular flexibility index (Phi) is 12.3. The van der Waals surface area contributed by atoms with E-state index in [-0.39, 0.29) is 39.7 Å². The molecule has 0 aromatic rings. The molecule has 0 spiro atoms. The van der Waals surface area contributed by atoms with E-state index in [9.17, 15) is 0 Å². The van der Waals surface area contributed by atoms with E-state index in [1.54, 1.807) is 0 Å². The minimum atomic E-state index is -5.39. The number of halogens is 1. The van der Waals surface area contributed by atoms with Gasteiger partial charge in [0.1, 0.15) is 0 Å². The van der Waals surface area contributed by atoms with Crippen LogP contribution in [-0.4, -0.2) is 27.3 Å². The van der Waals surface area contributed by atoms with Gasteiger partial charge in [-0.15, -0.1) is 0 Å². The Labute approximate surface area is 66.7 Å². The first-order valence-electron chi connectivity index (χ1n) is 0.730. The minimum Gasteiger partial charge on any atom is -1.00 e. The summed E-state index contributed by atoms with van der Waals surface area (Å²) >= 11 is 0. The van der Waals surface area contributed by atoms with Gasteiger partial charge in [0.15, 0.2) is 0 Å². The van der Waals surface area contributed by atoms with Gasteiger partial charge >= 0.3 is 0 Å². The molecule has 0 heterocycles. The van der Waals surface area contributed by atoms with Crippen molar-refractivity contribution < 1.29 is 31.7 Å². The number of rotatable bonds is 0. The minimum absolute atomic E-state index is 0. The van der Waals surface area contributed by atoms with Gasteiger partial charge in [-0.1, -0.05) is 0 Å². The summed E-state index contributed by atoms with van der Waals surface area (Å²) in [5.41, 5.74) is 0. The van der Waals surface area contributed by atoms with Gasteiger partial charge in [-0.25, -0.2) is 0 Å². The fourth-order valence-electron chi connectivity index (χ4n) is 0. The van der Waals surface area contributed by atoms with E-state index in [2.05, 4.69) is 0 Å². The van der Waals surface area contributed by atoms with Crippen LogP contribution in [0.15, 0.2) is 0 Å². The molecule has 7 heteroatoms. The molecule has 0 amide bonds. The number of hydrogen-bond acceptors (Lipinski definition) is 4. The monoisotopic (exact) mass is 338 g/mol. The maximum Gasteiger partial charge on any atom is 0 e. The molecule has 0 saturated heterocycles. The van der Waals surface area contributed by atoms with E-state index in [1.807, 2.05) is 0 Å². The fraction of sp³-hybridized carbons (Fsp3) is 0. The van der Waals surface area contributed by atoms with E-state index in [0.717, 1.165) is 0 Å². The first-order valence-corrected chi connectivity index (χ1v) is 2.19. The van der Waals surface area contributed by atoms with Crippen LogP contribution >= 0.6 is 7.82 Å². The molecule has 0 aliphatic heterocycles. The molecule has 0 rings (SSSR count). The van der Waals surface area contributed by atoms with Crippen molar-refractivity contribution >= 4 is 35.1 Å². The van der Waals surface area contributed by atoms with Gasteiger partial charge in [-0.3, -0.25) is 0 Å². The fourth-order valence-corrected chi connectivity index (χ4v) is 0. The molecule has 44 valence electrons. The molecular formula is ClO4PPb-4. The van der Waals surface area contributed by atoms with Gasteiger partial charge in [0.25, 0.3) is 0 Å². The van der Waals surface area contributed by atoms with Crippen molar-refractivity contribution in [2.75, 3.05) is 0 Å². The second-order valence-corrected chi connectivity index (χ2v) is 1.34. The van der Waals surface area contributed by atoms with Crippen molar-refractivity contribution in [3.8, 4) is 0 Å². The van der Waals surface area contributed by atoms with Crippen molar-refractivity contribution in [2.24, 2.45) is 0 Å². The van der Waals surface area contributed by atoms with Gasteiger partial charge < -0.3 is 31.7 Å². The van der Waals surface area contributed by atoms with Crippen LogP contribution in [0, 0.1) is 0 Å². The summed E-state index contributed by atoms with van der Waals surface area (Å²) in [6.07, 6.45) is 0. The zero-order valence-electron chi connectivity index (χ0n) is 2.96. The molecule has 0 atom stereocenters. The third-order valence-corrected chi connectivity index (χ3v) is 0. The maximum absolute atomic E-state index is 8.55. The van der Waals surface area contributed by atoms with Crippen molar-refractivity contribution in [1.29, 1.82) is 0 Å². The summed E-state index contributed by atoms with van der Waals surface area (Å²) in [6, 6.07) is 0. The van der Waals surface area contributed by atoms with Gasteiger partial charge in [0.05, 0.1) is 0 Å². The van der Waals surface area contributed by atoms with Gasteiger partial charge in [0.2, 0.25) is 0 Å². The quantitative estimate of drug-likeness (QED) is 0.325. The summed E-state index contributed by atoms with van der Waals surface area (Å²) in [6.45, 7) is 0. The van der Waals surface area contributed by atoms with Crippen LogP contribution in [-0.2, 0) is 4.57 Å². The summed E-state index contributed by atoms with van der Waals surface area (Å²) in [5.74, 6) is 0. The zero-order chi connectivity index (χ0) is 4.50. The standard InChI is InChI=1S/ClH.H3O4P.Pb/c;1-5(2,3)4;/h1H;(H3,1,2,3,4);/p-4. The van der Waals surface area contributed by atoms with Crippen molar-refractivity contribution in [2.45, 2.75) is 0 Å². The predicted octanol–water partition coefficient (Wildman–Crippen LogP) is -6.20. The second kappa shape index (κ2) is 5.46. The molecule has 0 aliphatic carbocycles. The third-order valence-electron chi connectivity index (χ3n) is 0. The number of phosphoric acid groups is 1. The van der Waals surface area contributed by atoms with Gasteiger partial charge in [0, 0.05) is 27.3 Å². The second-order valence-electron chi connectivity index (χ2n) is 0.447. The van der Waals surface area contributed by atoms with Gasteiger partial charge in [-0.2, -0.15) is 7.82 Å². The summed E-state index contributed by atoms with van der Waals surface area (Å²) in [4.78, 5) is 25.6. The summed E-state index contributed by atoms with van der Waals surface area (Å²) in [7, 11) is -5.39. The first kappa shape index (κ1) is 15.8. The molecule has 0 fully saturated rings. The molecule has 0 aliphatic rings. The Morgan fingerprint density at radius 3 is 1.14 bits per heavy atom. The van der Waals surface area contributed by atoms with E-state index in [4.69, 9.17) is 19.2 Å². The molecule has 7 heavy (non-hydrogen) atoms. The first-order chi connectivity index (χ1) is 2.00. The van der Waals surface area contributed by atoms with Crippen molar-refractivity contribution in [3.05, 3.63) is 0 Å². The Hall–Kier alpha value is 1.32. The van der Waals surface area contributed by atoms with Crippen LogP contribution in [0.5, 0.6) is 0 Å². The van der Waals surface area contributed by atoms with E-state index in [0.29, 0.717) is 0 Å². The maximum atomic E-state index is 8.55. The van der Waals surface area contributed by atoms with E-state index >= 15 is 0 Å². The van der Waals surface area contributed by atoms with Crippen LogP contribution in [0.25, 0.3) is 0 Å². The Morgan fingerprint density at radius 2 is 1.14 bits per heavy atom. The Bertz CT molecular complexity index is 57.8. The molecule has 4 nitrogen and oxygen atoms in total. The van der Waals surface area contributed by atoms with E-state index < -0.39 is 7.82 Å². The molecule has 0 unspecified atom stereocenters. The molecular weight excluding hydrogens is 338 g/mol.